The second-order valence-electron chi connectivity index (χ2n) is 7.93. The van der Waals surface area contributed by atoms with Crippen molar-refractivity contribution in [2.45, 2.75) is 30.6 Å². The van der Waals surface area contributed by atoms with E-state index in [2.05, 4.69) is 30.8 Å². The minimum absolute atomic E-state index is 0.0282. The average molecular weight is 501 g/mol. The molecule has 0 amide bonds. The summed E-state index contributed by atoms with van der Waals surface area (Å²) < 4.78 is 1.52. The summed E-state index contributed by atoms with van der Waals surface area (Å²) in [5, 5.41) is 2.67. The van der Waals surface area contributed by atoms with Crippen molar-refractivity contribution < 1.29 is 4.79 Å². The molecule has 1 aromatic heterocycles. The van der Waals surface area contributed by atoms with Crippen molar-refractivity contribution in [2.75, 3.05) is 5.75 Å². The second kappa shape index (κ2) is 12.4. The third-order valence-corrected chi connectivity index (χ3v) is 6.64. The number of hydrogen-bond acceptors (Lipinski definition) is 5. The van der Waals surface area contributed by atoms with Gasteiger partial charge in [0.2, 0.25) is 0 Å². The lowest BCUT2D eigenvalue weighted by atomic mass is 10.0. The van der Waals surface area contributed by atoms with Crippen LogP contribution in [0.15, 0.2) is 112 Å². The van der Waals surface area contributed by atoms with Crippen molar-refractivity contribution in [3.63, 3.8) is 0 Å². The molecule has 0 aliphatic rings. The lowest BCUT2D eigenvalue weighted by molar-refractivity contribution is 0.102. The van der Waals surface area contributed by atoms with Crippen molar-refractivity contribution in [1.82, 2.24) is 9.55 Å². The zero-order valence-electron chi connectivity index (χ0n) is 19.9. The Morgan fingerprint density at radius 2 is 1.80 bits per heavy atom. The van der Waals surface area contributed by atoms with Crippen LogP contribution in [0.5, 0.6) is 0 Å². The lowest BCUT2D eigenvalue weighted by Gasteiger charge is -2.12. The van der Waals surface area contributed by atoms with E-state index in [0.717, 1.165) is 21.9 Å². The van der Waals surface area contributed by atoms with Crippen molar-refractivity contribution >= 4 is 47.0 Å². The van der Waals surface area contributed by atoms with Gasteiger partial charge in [0.25, 0.3) is 5.56 Å². The van der Waals surface area contributed by atoms with Crippen LogP contribution in [0.2, 0.25) is 0 Å². The Kier molecular flexibility index (Phi) is 9.29. The van der Waals surface area contributed by atoms with E-state index in [4.69, 9.17) is 0 Å². The first-order valence-corrected chi connectivity index (χ1v) is 12.5. The van der Waals surface area contributed by atoms with E-state index in [1.165, 1.54) is 16.3 Å². The van der Waals surface area contributed by atoms with E-state index < -0.39 is 0 Å². The summed E-state index contributed by atoms with van der Waals surface area (Å²) in [7, 11) is 0. The smallest absolute Gasteiger partial charge is 0.262 e. The number of Topliss-reactive ketones (excluding diaryl/α,β-unsaturated/α-hetero) is 1. The highest BCUT2D eigenvalue weighted by Crippen LogP contribution is 2.24. The molecule has 3 aromatic rings. The molecular formula is C29H28N2O2S2. The summed E-state index contributed by atoms with van der Waals surface area (Å²) in [6, 6.07) is 13.5. The molecule has 2 aromatic carbocycles. The third-order valence-electron chi connectivity index (χ3n) is 5.33. The molecule has 0 bridgehead atoms. The average Bonchev–Trinajstić information content (AvgIpc) is 2.87. The summed E-state index contributed by atoms with van der Waals surface area (Å²) in [5.74, 6) is 0.121. The third kappa shape index (κ3) is 6.62. The molecule has 35 heavy (non-hydrogen) atoms. The van der Waals surface area contributed by atoms with Crippen LogP contribution in [-0.2, 0) is 6.54 Å². The highest BCUT2D eigenvalue weighted by atomic mass is 32.2. The van der Waals surface area contributed by atoms with Crippen molar-refractivity contribution in [3.05, 3.63) is 119 Å². The molecule has 0 fully saturated rings. The Morgan fingerprint density at radius 3 is 2.54 bits per heavy atom. The standard InChI is InChI=1S/C29H28N2O2S2/c1-5-18-31-28(33)25(17-16-21(4)15-14-20(3)6-2)27(34)30-29(31)35-19-26(32)24-13-9-11-22-10-7-8-12-23(22)24/h5-17,34H,1-2,18-19H2,3-4H3/b17-16+,20-14-,21-15+. The molecule has 0 radical (unpaired) electrons. The first-order chi connectivity index (χ1) is 16.8. The number of rotatable bonds is 10. The molecule has 0 aliphatic heterocycles. The molecule has 0 unspecified atom stereocenters. The SMILES string of the molecule is C=CCn1c(SCC(=O)c2cccc3ccccc23)nc(S)c(/C=C/C(C)=C/C=C(/C)C=C)c1=O. The number of aromatic nitrogens is 2. The molecule has 3 rings (SSSR count). The lowest BCUT2D eigenvalue weighted by Crippen LogP contribution is -2.25. The number of hydrogen-bond donors (Lipinski definition) is 1. The summed E-state index contributed by atoms with van der Waals surface area (Å²) >= 11 is 5.70. The predicted molar refractivity (Wildman–Crippen MR) is 152 cm³/mol. The fourth-order valence-electron chi connectivity index (χ4n) is 3.36. The van der Waals surface area contributed by atoms with Gasteiger partial charge in [-0.25, -0.2) is 4.98 Å². The molecule has 0 saturated heterocycles. The fraction of sp³-hybridized carbons (Fsp3) is 0.138. The van der Waals surface area contributed by atoms with Gasteiger partial charge < -0.3 is 0 Å². The number of thiol groups is 1. The van der Waals surface area contributed by atoms with Crippen LogP contribution < -0.4 is 5.56 Å². The number of carbonyl (C=O) groups is 1. The summed E-state index contributed by atoms with van der Waals surface area (Å²) in [6.07, 6.45) is 10.9. The molecule has 4 nitrogen and oxygen atoms in total. The summed E-state index contributed by atoms with van der Waals surface area (Å²) in [5.41, 5.74) is 2.82. The van der Waals surface area contributed by atoms with Gasteiger partial charge in [-0.2, -0.15) is 0 Å². The van der Waals surface area contributed by atoms with Gasteiger partial charge >= 0.3 is 0 Å². The van der Waals surface area contributed by atoms with Crippen LogP contribution in [-0.4, -0.2) is 21.1 Å². The first kappa shape index (κ1) is 26.3. The largest absolute Gasteiger partial charge is 0.293 e. The van der Waals surface area contributed by atoms with E-state index >= 15 is 0 Å². The van der Waals surface area contributed by atoms with Gasteiger partial charge in [-0.15, -0.1) is 19.2 Å². The van der Waals surface area contributed by atoms with Gasteiger partial charge in [0.15, 0.2) is 10.9 Å². The Balaban J connectivity index is 1.88. The number of benzene rings is 2. The molecular weight excluding hydrogens is 472 g/mol. The van der Waals surface area contributed by atoms with E-state index in [0.29, 0.717) is 21.3 Å². The Morgan fingerprint density at radius 1 is 1.09 bits per heavy atom. The summed E-state index contributed by atoms with van der Waals surface area (Å²) in [6.45, 7) is 11.7. The number of thioether (sulfide) groups is 1. The molecule has 0 atom stereocenters. The number of carbonyl (C=O) groups excluding carboxylic acids is 1. The van der Waals surface area contributed by atoms with Gasteiger partial charge in [0, 0.05) is 12.1 Å². The van der Waals surface area contributed by atoms with Crippen LogP contribution in [0.4, 0.5) is 0 Å². The van der Waals surface area contributed by atoms with Crippen molar-refractivity contribution in [1.29, 1.82) is 0 Å². The summed E-state index contributed by atoms with van der Waals surface area (Å²) in [4.78, 5) is 30.8. The fourth-order valence-corrected chi connectivity index (χ4v) is 4.58. The number of fused-ring (bicyclic) bond motifs is 1. The van der Waals surface area contributed by atoms with Gasteiger partial charge in [-0.3, -0.25) is 14.2 Å². The zero-order valence-corrected chi connectivity index (χ0v) is 21.6. The second-order valence-corrected chi connectivity index (χ2v) is 9.30. The van der Waals surface area contributed by atoms with E-state index in [1.807, 2.05) is 74.5 Å². The van der Waals surface area contributed by atoms with E-state index in [-0.39, 0.29) is 23.6 Å². The quantitative estimate of drug-likeness (QED) is 0.0623. The number of ketones is 1. The first-order valence-electron chi connectivity index (χ1n) is 11.1. The van der Waals surface area contributed by atoms with Crippen LogP contribution in [0.25, 0.3) is 16.8 Å². The molecule has 0 aliphatic carbocycles. The van der Waals surface area contributed by atoms with Crippen LogP contribution >= 0.6 is 24.4 Å². The molecule has 0 N–H and O–H groups in total. The maximum atomic E-state index is 13.2. The highest BCUT2D eigenvalue weighted by Gasteiger charge is 2.16. The zero-order chi connectivity index (χ0) is 25.4. The minimum atomic E-state index is -0.230. The normalized spacial score (nSPS) is 12.3. The Hall–Kier alpha value is -3.35. The van der Waals surface area contributed by atoms with Crippen LogP contribution in [0.1, 0.15) is 29.8 Å². The molecule has 0 saturated carbocycles. The maximum absolute atomic E-state index is 13.2. The molecule has 6 heteroatoms. The minimum Gasteiger partial charge on any atom is -0.293 e. The monoisotopic (exact) mass is 500 g/mol. The molecule has 0 spiro atoms. The predicted octanol–water partition coefficient (Wildman–Crippen LogP) is 6.94. The van der Waals surface area contributed by atoms with Gasteiger partial charge in [0.05, 0.1) is 11.3 Å². The topological polar surface area (TPSA) is 52.0 Å². The van der Waals surface area contributed by atoms with Crippen LogP contribution in [0.3, 0.4) is 0 Å². The maximum Gasteiger partial charge on any atom is 0.262 e. The van der Waals surface area contributed by atoms with E-state index in [1.54, 1.807) is 18.2 Å². The van der Waals surface area contributed by atoms with Gasteiger partial charge in [0.1, 0.15) is 5.03 Å². The van der Waals surface area contributed by atoms with Crippen molar-refractivity contribution in [2.24, 2.45) is 0 Å². The highest BCUT2D eigenvalue weighted by molar-refractivity contribution is 7.99. The van der Waals surface area contributed by atoms with E-state index in [9.17, 15) is 9.59 Å². The van der Waals surface area contributed by atoms with Gasteiger partial charge in [-0.05, 0) is 30.7 Å². The van der Waals surface area contributed by atoms with Gasteiger partial charge in [-0.1, -0.05) is 102 Å². The number of allylic oxidation sites excluding steroid dienone is 7. The Bertz CT molecular complexity index is 1420. The van der Waals surface area contributed by atoms with Crippen molar-refractivity contribution in [3.8, 4) is 0 Å². The molecule has 178 valence electrons. The number of nitrogens with zero attached hydrogens (tertiary/aromatic N) is 2. The molecule has 1 heterocycles. The van der Waals surface area contributed by atoms with Crippen LogP contribution in [0, 0.1) is 0 Å². The Labute approximate surface area is 215 Å².